The molecule has 0 aliphatic heterocycles. The largest absolute Gasteiger partial charge is 0.446 e. The lowest BCUT2D eigenvalue weighted by molar-refractivity contribution is 0.0278. The van der Waals surface area contributed by atoms with Crippen molar-refractivity contribution in [2.24, 2.45) is 0 Å². The van der Waals surface area contributed by atoms with E-state index >= 15 is 0 Å². The number of nitrogens with one attached hydrogen (secondary N) is 1. The predicted octanol–water partition coefficient (Wildman–Crippen LogP) is 2.60. The van der Waals surface area contributed by atoms with Gasteiger partial charge in [0.25, 0.3) is 0 Å². The van der Waals surface area contributed by atoms with Gasteiger partial charge in [0.05, 0.1) is 0 Å². The molecule has 0 saturated heterocycles. The third kappa shape index (κ3) is 7.11. The Morgan fingerprint density at radius 2 is 1.80 bits per heavy atom. The standard InChI is InChI=1S/C10H19F2NO2/c1-9(2,3)13-8(14)15-6-7(11)10(4,5)12/h7H,6H2,1-5H3,(H,13,14)/t7-/m1/s1. The van der Waals surface area contributed by atoms with Crippen molar-refractivity contribution in [1.29, 1.82) is 0 Å². The molecule has 15 heavy (non-hydrogen) atoms. The zero-order chi connectivity index (χ0) is 12.3. The summed E-state index contributed by atoms with van der Waals surface area (Å²) in [4.78, 5) is 11.1. The molecule has 3 nitrogen and oxygen atoms in total. The quantitative estimate of drug-likeness (QED) is 0.798. The van der Waals surface area contributed by atoms with E-state index in [0.717, 1.165) is 13.8 Å². The van der Waals surface area contributed by atoms with Crippen molar-refractivity contribution in [3.8, 4) is 0 Å². The Morgan fingerprint density at radius 3 is 2.13 bits per heavy atom. The minimum atomic E-state index is -2.00. The minimum Gasteiger partial charge on any atom is -0.446 e. The minimum absolute atomic E-state index is 0.450. The average Bonchev–Trinajstić information content (AvgIpc) is 1.94. The smallest absolute Gasteiger partial charge is 0.407 e. The molecular formula is C10H19F2NO2. The first-order chi connectivity index (χ1) is 6.52. The first-order valence-corrected chi connectivity index (χ1v) is 4.80. The summed E-state index contributed by atoms with van der Waals surface area (Å²) in [6, 6.07) is 0. The lowest BCUT2D eigenvalue weighted by Gasteiger charge is -2.22. The molecule has 90 valence electrons. The van der Waals surface area contributed by atoms with E-state index in [2.05, 4.69) is 10.1 Å². The molecule has 0 aliphatic rings. The number of carbonyl (C=O) groups is 1. The highest BCUT2D eigenvalue weighted by Gasteiger charge is 2.30. The van der Waals surface area contributed by atoms with E-state index < -0.39 is 30.1 Å². The number of rotatable bonds is 3. The third-order valence-corrected chi connectivity index (χ3v) is 1.58. The second-order valence-corrected chi connectivity index (χ2v) is 5.01. The van der Waals surface area contributed by atoms with Crippen LogP contribution < -0.4 is 5.32 Å². The number of alkyl halides is 2. The van der Waals surface area contributed by atoms with E-state index in [-0.39, 0.29) is 0 Å². The van der Waals surface area contributed by atoms with E-state index in [1.54, 1.807) is 20.8 Å². The van der Waals surface area contributed by atoms with Crippen molar-refractivity contribution in [2.75, 3.05) is 6.61 Å². The van der Waals surface area contributed by atoms with Gasteiger partial charge in [-0.3, -0.25) is 0 Å². The van der Waals surface area contributed by atoms with Gasteiger partial charge in [-0.25, -0.2) is 13.6 Å². The van der Waals surface area contributed by atoms with Gasteiger partial charge >= 0.3 is 6.09 Å². The molecule has 1 N–H and O–H groups in total. The number of hydrogen-bond acceptors (Lipinski definition) is 2. The fourth-order valence-electron chi connectivity index (χ4n) is 0.689. The summed E-state index contributed by atoms with van der Waals surface area (Å²) >= 11 is 0. The zero-order valence-electron chi connectivity index (χ0n) is 9.86. The van der Waals surface area contributed by atoms with Crippen molar-refractivity contribution >= 4 is 6.09 Å². The second-order valence-electron chi connectivity index (χ2n) is 5.01. The number of alkyl carbamates (subject to hydrolysis) is 1. The van der Waals surface area contributed by atoms with Crippen molar-refractivity contribution in [3.63, 3.8) is 0 Å². The number of carbonyl (C=O) groups excluding carboxylic acids is 1. The van der Waals surface area contributed by atoms with Crippen LogP contribution in [0.1, 0.15) is 34.6 Å². The van der Waals surface area contributed by atoms with Crippen LogP contribution in [-0.4, -0.2) is 30.1 Å². The van der Waals surface area contributed by atoms with Gasteiger partial charge in [0.2, 0.25) is 0 Å². The molecule has 5 heteroatoms. The lowest BCUT2D eigenvalue weighted by Crippen LogP contribution is -2.42. The molecule has 0 unspecified atom stereocenters. The van der Waals surface area contributed by atoms with Crippen LogP contribution in [0.25, 0.3) is 0 Å². The van der Waals surface area contributed by atoms with Crippen LogP contribution in [0.4, 0.5) is 13.6 Å². The van der Waals surface area contributed by atoms with Crippen molar-refractivity contribution in [1.82, 2.24) is 5.32 Å². The molecule has 0 fully saturated rings. The summed E-state index contributed by atoms with van der Waals surface area (Å²) in [5.74, 6) is 0. The van der Waals surface area contributed by atoms with Crippen molar-refractivity contribution < 1.29 is 18.3 Å². The van der Waals surface area contributed by atoms with Gasteiger partial charge in [-0.2, -0.15) is 0 Å². The maximum Gasteiger partial charge on any atom is 0.407 e. The molecule has 0 radical (unpaired) electrons. The normalized spacial score (nSPS) is 14.6. The van der Waals surface area contributed by atoms with Crippen LogP contribution in [0, 0.1) is 0 Å². The lowest BCUT2D eigenvalue weighted by atomic mass is 10.1. The highest BCUT2D eigenvalue weighted by molar-refractivity contribution is 5.68. The summed E-state index contributed by atoms with van der Waals surface area (Å²) in [7, 11) is 0. The summed E-state index contributed by atoms with van der Waals surface area (Å²) in [6.45, 7) is 6.91. The fraction of sp³-hybridized carbons (Fsp3) is 0.900. The maximum atomic E-state index is 13.0. The van der Waals surface area contributed by atoms with Crippen LogP contribution in [0.3, 0.4) is 0 Å². The Bertz CT molecular complexity index is 218. The van der Waals surface area contributed by atoms with E-state index in [4.69, 9.17) is 0 Å². The summed E-state index contributed by atoms with van der Waals surface area (Å²) in [6.07, 6.45) is -2.56. The Morgan fingerprint density at radius 1 is 1.33 bits per heavy atom. The van der Waals surface area contributed by atoms with Crippen LogP contribution in [-0.2, 0) is 4.74 Å². The van der Waals surface area contributed by atoms with Gasteiger partial charge in [-0.05, 0) is 34.6 Å². The Balaban J connectivity index is 3.92. The Hall–Kier alpha value is -0.870. The van der Waals surface area contributed by atoms with Crippen molar-refractivity contribution in [2.45, 2.75) is 52.0 Å². The zero-order valence-corrected chi connectivity index (χ0v) is 9.86. The number of halogens is 2. The molecule has 0 spiro atoms. The molecule has 0 saturated carbocycles. The Kier molecular flexibility index (Phi) is 4.49. The van der Waals surface area contributed by atoms with E-state index in [0.29, 0.717) is 0 Å². The van der Waals surface area contributed by atoms with E-state index in [1.807, 2.05) is 0 Å². The molecule has 0 rings (SSSR count). The molecule has 1 amide bonds. The van der Waals surface area contributed by atoms with Crippen LogP contribution >= 0.6 is 0 Å². The molecule has 0 heterocycles. The van der Waals surface area contributed by atoms with Gasteiger partial charge in [-0.1, -0.05) is 0 Å². The SMILES string of the molecule is CC(C)(C)NC(=O)OC[C@@H](F)C(C)(C)F. The topological polar surface area (TPSA) is 38.3 Å². The molecule has 0 aromatic rings. The Labute approximate surface area is 89.2 Å². The number of ether oxygens (including phenoxy) is 1. The molecular weight excluding hydrogens is 204 g/mol. The monoisotopic (exact) mass is 223 g/mol. The predicted molar refractivity (Wildman–Crippen MR) is 54.3 cm³/mol. The van der Waals surface area contributed by atoms with Gasteiger partial charge in [0.15, 0.2) is 6.17 Å². The van der Waals surface area contributed by atoms with Crippen LogP contribution in [0.2, 0.25) is 0 Å². The first-order valence-electron chi connectivity index (χ1n) is 4.80. The number of hydrogen-bond donors (Lipinski definition) is 1. The molecule has 0 aromatic carbocycles. The highest BCUT2D eigenvalue weighted by Crippen LogP contribution is 2.17. The number of amides is 1. The molecule has 0 bridgehead atoms. The molecule has 0 aliphatic carbocycles. The third-order valence-electron chi connectivity index (χ3n) is 1.58. The summed E-state index contributed by atoms with van der Waals surface area (Å²) in [5.41, 5.74) is -2.45. The highest BCUT2D eigenvalue weighted by atomic mass is 19.2. The second kappa shape index (κ2) is 4.77. The van der Waals surface area contributed by atoms with Crippen LogP contribution in [0.5, 0.6) is 0 Å². The maximum absolute atomic E-state index is 13.0. The first kappa shape index (κ1) is 14.1. The fourth-order valence-corrected chi connectivity index (χ4v) is 0.689. The van der Waals surface area contributed by atoms with Gasteiger partial charge in [0.1, 0.15) is 12.3 Å². The van der Waals surface area contributed by atoms with Gasteiger partial charge < -0.3 is 10.1 Å². The van der Waals surface area contributed by atoms with Gasteiger partial charge in [-0.15, -0.1) is 0 Å². The summed E-state index contributed by atoms with van der Waals surface area (Å²) in [5, 5.41) is 2.48. The van der Waals surface area contributed by atoms with E-state index in [1.165, 1.54) is 0 Å². The summed E-state index contributed by atoms with van der Waals surface area (Å²) < 4.78 is 30.5. The molecule has 0 aromatic heterocycles. The van der Waals surface area contributed by atoms with Gasteiger partial charge in [0, 0.05) is 5.54 Å². The van der Waals surface area contributed by atoms with Crippen LogP contribution in [0.15, 0.2) is 0 Å². The van der Waals surface area contributed by atoms with E-state index in [9.17, 15) is 13.6 Å². The molecule has 1 atom stereocenters. The van der Waals surface area contributed by atoms with Crippen molar-refractivity contribution in [3.05, 3.63) is 0 Å². The average molecular weight is 223 g/mol.